The summed E-state index contributed by atoms with van der Waals surface area (Å²) in [5, 5.41) is 0. The van der Waals surface area contributed by atoms with Crippen LogP contribution in [-0.2, 0) is 0 Å². The van der Waals surface area contributed by atoms with Gasteiger partial charge in [-0.05, 0) is 30.9 Å². The van der Waals surface area contributed by atoms with Gasteiger partial charge >= 0.3 is 0 Å². The Kier molecular flexibility index (Phi) is 11.5. The SMILES string of the molecule is CCCCCCCCCC[C@@H](CCCCCCCC)CN1C(=O)c2cc3nsnc3cc2C1=O. The lowest BCUT2D eigenvalue weighted by Crippen LogP contribution is -2.34. The van der Waals surface area contributed by atoms with Gasteiger partial charge in [0.15, 0.2) is 0 Å². The summed E-state index contributed by atoms with van der Waals surface area (Å²) in [7, 11) is 0. The molecule has 0 unspecified atom stereocenters. The molecule has 1 aliphatic rings. The Morgan fingerprint density at radius 3 is 1.53 bits per heavy atom. The Morgan fingerprint density at radius 1 is 0.676 bits per heavy atom. The molecule has 0 fully saturated rings. The van der Waals surface area contributed by atoms with E-state index in [2.05, 4.69) is 22.6 Å². The summed E-state index contributed by atoms with van der Waals surface area (Å²) in [4.78, 5) is 27.7. The molecule has 5 nitrogen and oxygen atoms in total. The van der Waals surface area contributed by atoms with Crippen molar-refractivity contribution in [3.05, 3.63) is 23.3 Å². The molecule has 34 heavy (non-hydrogen) atoms. The number of fused-ring (bicyclic) bond motifs is 2. The summed E-state index contributed by atoms with van der Waals surface area (Å²) in [6, 6.07) is 3.49. The van der Waals surface area contributed by atoms with Crippen LogP contribution < -0.4 is 0 Å². The average Bonchev–Trinajstić information content (AvgIpc) is 3.39. The first kappa shape index (κ1) is 26.8. The molecular weight excluding hydrogens is 442 g/mol. The van der Waals surface area contributed by atoms with Crippen molar-refractivity contribution < 1.29 is 9.59 Å². The van der Waals surface area contributed by atoms with Crippen LogP contribution in [0.2, 0.25) is 0 Å². The van der Waals surface area contributed by atoms with Gasteiger partial charge in [0, 0.05) is 6.54 Å². The van der Waals surface area contributed by atoms with Crippen LogP contribution in [-0.4, -0.2) is 32.0 Å². The molecule has 0 radical (unpaired) electrons. The number of rotatable bonds is 18. The Labute approximate surface area is 210 Å². The van der Waals surface area contributed by atoms with Crippen molar-refractivity contribution >= 4 is 34.6 Å². The summed E-state index contributed by atoms with van der Waals surface area (Å²) < 4.78 is 8.49. The van der Waals surface area contributed by atoms with Crippen LogP contribution in [0.15, 0.2) is 12.1 Å². The molecule has 188 valence electrons. The molecule has 1 atom stereocenters. The Morgan fingerprint density at radius 2 is 1.09 bits per heavy atom. The third kappa shape index (κ3) is 7.59. The third-order valence-corrected chi connectivity index (χ3v) is 7.77. The van der Waals surface area contributed by atoms with Crippen LogP contribution in [0.4, 0.5) is 0 Å². The second-order valence-corrected chi connectivity index (χ2v) is 10.6. The Balaban J connectivity index is 1.52. The van der Waals surface area contributed by atoms with Crippen LogP contribution in [0.1, 0.15) is 137 Å². The van der Waals surface area contributed by atoms with Crippen molar-refractivity contribution in [1.82, 2.24) is 13.6 Å². The van der Waals surface area contributed by atoms with Gasteiger partial charge in [-0.25, -0.2) is 0 Å². The number of aromatic nitrogens is 2. The number of hydrogen-bond acceptors (Lipinski definition) is 5. The molecule has 0 spiro atoms. The maximum Gasteiger partial charge on any atom is 0.261 e. The maximum absolute atomic E-state index is 13.1. The number of carbonyl (C=O) groups excluding carboxylic acids is 2. The van der Waals surface area contributed by atoms with Gasteiger partial charge in [-0.15, -0.1) is 0 Å². The molecule has 0 bridgehead atoms. The summed E-state index contributed by atoms with van der Waals surface area (Å²) >= 11 is 1.12. The normalized spacial score (nSPS) is 14.4. The highest BCUT2D eigenvalue weighted by Crippen LogP contribution is 2.30. The zero-order valence-corrected chi connectivity index (χ0v) is 22.1. The van der Waals surface area contributed by atoms with Crippen molar-refractivity contribution in [2.24, 2.45) is 5.92 Å². The highest BCUT2D eigenvalue weighted by Gasteiger charge is 2.37. The van der Waals surface area contributed by atoms with Crippen molar-refractivity contribution in [2.75, 3.05) is 6.54 Å². The monoisotopic (exact) mass is 485 g/mol. The fraction of sp³-hybridized carbons (Fsp3) is 0.714. The van der Waals surface area contributed by atoms with E-state index in [0.717, 1.165) is 24.6 Å². The Hall–Kier alpha value is -1.82. The summed E-state index contributed by atoms with van der Waals surface area (Å²) in [5.41, 5.74) is 2.40. The van der Waals surface area contributed by atoms with Gasteiger partial charge in [-0.2, -0.15) is 8.75 Å². The predicted molar refractivity (Wildman–Crippen MR) is 141 cm³/mol. The first-order chi connectivity index (χ1) is 16.7. The molecule has 1 aromatic heterocycles. The molecule has 0 saturated carbocycles. The molecule has 0 saturated heterocycles. The molecule has 6 heteroatoms. The maximum atomic E-state index is 13.1. The van der Waals surface area contributed by atoms with Crippen LogP contribution in [0, 0.1) is 5.92 Å². The van der Waals surface area contributed by atoms with E-state index in [-0.39, 0.29) is 11.8 Å². The van der Waals surface area contributed by atoms with Gasteiger partial charge < -0.3 is 0 Å². The van der Waals surface area contributed by atoms with E-state index in [9.17, 15) is 9.59 Å². The van der Waals surface area contributed by atoms with E-state index < -0.39 is 0 Å². The standard InChI is InChI=1S/C28H43N3O2S/c1-3-5-7-9-11-12-14-16-18-22(17-15-13-10-8-6-4-2)21-31-27(32)23-19-25-26(30-34-29-25)20-24(23)28(31)33/h19-20,22H,3-18,21H2,1-2H3/t22-/m1/s1. The van der Waals surface area contributed by atoms with Gasteiger partial charge in [0.1, 0.15) is 11.0 Å². The number of nitrogens with zero attached hydrogens (tertiary/aromatic N) is 3. The highest BCUT2D eigenvalue weighted by atomic mass is 32.1. The molecular formula is C28H43N3O2S. The summed E-state index contributed by atoms with van der Waals surface area (Å²) in [5.74, 6) is 0.0859. The van der Waals surface area contributed by atoms with Crippen molar-refractivity contribution in [3.63, 3.8) is 0 Å². The molecule has 0 N–H and O–H groups in total. The van der Waals surface area contributed by atoms with E-state index >= 15 is 0 Å². The first-order valence-corrected chi connectivity index (χ1v) is 14.5. The number of imide groups is 1. The van der Waals surface area contributed by atoms with Crippen LogP contribution in [0.25, 0.3) is 11.0 Å². The average molecular weight is 486 g/mol. The topological polar surface area (TPSA) is 63.2 Å². The third-order valence-electron chi connectivity index (χ3n) is 7.22. The number of benzene rings is 1. The van der Waals surface area contributed by atoms with Crippen LogP contribution >= 0.6 is 11.7 Å². The minimum absolute atomic E-state index is 0.154. The number of hydrogen-bond donors (Lipinski definition) is 0. The first-order valence-electron chi connectivity index (χ1n) is 13.8. The molecule has 3 rings (SSSR count). The zero-order chi connectivity index (χ0) is 24.2. The summed E-state index contributed by atoms with van der Waals surface area (Å²) in [6.07, 6.45) is 20.3. The Bertz CT molecular complexity index is 860. The van der Waals surface area contributed by atoms with Crippen molar-refractivity contribution in [3.8, 4) is 0 Å². The number of carbonyl (C=O) groups is 2. The van der Waals surface area contributed by atoms with E-state index in [1.807, 2.05) is 0 Å². The van der Waals surface area contributed by atoms with E-state index in [1.165, 1.54) is 94.8 Å². The van der Waals surface area contributed by atoms with E-state index in [0.29, 0.717) is 34.6 Å². The number of amides is 2. The smallest absolute Gasteiger partial charge is 0.261 e. The molecule has 2 amide bonds. The van der Waals surface area contributed by atoms with Crippen molar-refractivity contribution in [2.45, 2.75) is 117 Å². The molecule has 2 aromatic rings. The van der Waals surface area contributed by atoms with Crippen LogP contribution in [0.5, 0.6) is 0 Å². The van der Waals surface area contributed by atoms with Gasteiger partial charge in [0.2, 0.25) is 0 Å². The highest BCUT2D eigenvalue weighted by molar-refractivity contribution is 7.00. The fourth-order valence-corrected chi connectivity index (χ4v) is 5.61. The fourth-order valence-electron chi connectivity index (χ4n) is 5.10. The second kappa shape index (κ2) is 14.6. The molecule has 0 aliphatic carbocycles. The molecule has 2 heterocycles. The zero-order valence-electron chi connectivity index (χ0n) is 21.3. The second-order valence-electron chi connectivity index (χ2n) is 10.1. The minimum Gasteiger partial charge on any atom is -0.274 e. The van der Waals surface area contributed by atoms with Crippen molar-refractivity contribution in [1.29, 1.82) is 0 Å². The minimum atomic E-state index is -0.154. The number of unbranched alkanes of at least 4 members (excludes halogenated alkanes) is 12. The molecule has 1 aromatic carbocycles. The lowest BCUT2D eigenvalue weighted by molar-refractivity contribution is 0.0621. The van der Waals surface area contributed by atoms with E-state index in [4.69, 9.17) is 0 Å². The largest absolute Gasteiger partial charge is 0.274 e. The summed E-state index contributed by atoms with van der Waals surface area (Å²) in [6.45, 7) is 5.05. The lowest BCUT2D eigenvalue weighted by Gasteiger charge is -2.23. The van der Waals surface area contributed by atoms with Gasteiger partial charge in [-0.1, -0.05) is 104 Å². The van der Waals surface area contributed by atoms with E-state index in [1.54, 1.807) is 12.1 Å². The molecule has 1 aliphatic heterocycles. The van der Waals surface area contributed by atoms with Gasteiger partial charge in [0.05, 0.1) is 22.9 Å². The quantitative estimate of drug-likeness (QED) is 0.158. The van der Waals surface area contributed by atoms with Gasteiger partial charge in [0.25, 0.3) is 11.8 Å². The lowest BCUT2D eigenvalue weighted by atomic mass is 9.93. The van der Waals surface area contributed by atoms with Crippen LogP contribution in [0.3, 0.4) is 0 Å². The van der Waals surface area contributed by atoms with Gasteiger partial charge in [-0.3, -0.25) is 14.5 Å². The predicted octanol–water partition coefficient (Wildman–Crippen LogP) is 8.18.